The summed E-state index contributed by atoms with van der Waals surface area (Å²) in [5, 5.41) is 0.771. The predicted octanol–water partition coefficient (Wildman–Crippen LogP) is 7.89. The van der Waals surface area contributed by atoms with Gasteiger partial charge in [-0.15, -0.1) is 0 Å². The van der Waals surface area contributed by atoms with Gasteiger partial charge in [-0.2, -0.15) is 4.98 Å². The van der Waals surface area contributed by atoms with Gasteiger partial charge in [0.05, 0.1) is 32.9 Å². The van der Waals surface area contributed by atoms with Gasteiger partial charge >= 0.3 is 0 Å². The third kappa shape index (κ3) is 6.42. The lowest BCUT2D eigenvalue weighted by molar-refractivity contribution is -0.155. The van der Waals surface area contributed by atoms with Crippen molar-refractivity contribution in [3.8, 4) is 5.69 Å². The molecule has 7 rings (SSSR count). The maximum Gasteiger partial charge on any atom is 0.282 e. The van der Waals surface area contributed by atoms with Crippen molar-refractivity contribution in [2.45, 2.75) is 82.5 Å². The van der Waals surface area contributed by atoms with Crippen LogP contribution < -0.4 is 10.5 Å². The Morgan fingerprint density at radius 3 is 2.37 bits per heavy atom. The Balaban J connectivity index is 1.07. The molecule has 3 aromatic carbocycles. The fourth-order valence-corrected chi connectivity index (χ4v) is 8.87. The Morgan fingerprint density at radius 2 is 1.69 bits per heavy atom. The molecule has 2 fully saturated rings. The number of nitrogens with zero attached hydrogens (tertiary/aromatic N) is 4. The summed E-state index contributed by atoms with van der Waals surface area (Å²) in [4.78, 5) is 46.4. The number of fused-ring (bicyclic) bond motifs is 5. The number of likely N-dealkylation sites (tertiary alicyclic amines) is 1. The van der Waals surface area contributed by atoms with E-state index in [0.717, 1.165) is 46.1 Å². The number of anilines is 1. The zero-order valence-electron chi connectivity index (χ0n) is 29.7. The van der Waals surface area contributed by atoms with Crippen molar-refractivity contribution >= 4 is 48.1 Å². The molecule has 2 saturated heterocycles. The topological polar surface area (TPSA) is 84.7 Å². The van der Waals surface area contributed by atoms with E-state index in [0.29, 0.717) is 41.6 Å². The Bertz CT molecular complexity index is 2100. The van der Waals surface area contributed by atoms with Gasteiger partial charge in [0.2, 0.25) is 11.8 Å². The summed E-state index contributed by atoms with van der Waals surface area (Å²) in [6.07, 6.45) is 1.61. The van der Waals surface area contributed by atoms with Crippen LogP contribution in [0.2, 0.25) is 30.7 Å². The van der Waals surface area contributed by atoms with Gasteiger partial charge in [0, 0.05) is 45.4 Å². The van der Waals surface area contributed by atoms with E-state index >= 15 is 8.78 Å². The van der Waals surface area contributed by atoms with Crippen LogP contribution in [0.15, 0.2) is 53.3 Å². The zero-order valence-corrected chi connectivity index (χ0v) is 31.4. The highest BCUT2D eigenvalue weighted by atomic mass is 35.5. The SMILES string of the molecule is CC1(C)c2ccc(C3CCN(c4cc(F)c(C5CCC(=O)N(COCC[Si](C)(C)C)C5=O)c(F)c4)CC3)cc2-n2c1nc(=O)c1c(Cl)cccc12. The minimum atomic E-state index is -1.36. The highest BCUT2D eigenvalue weighted by molar-refractivity contribution is 6.76. The zero-order chi connectivity index (χ0) is 36.4. The van der Waals surface area contributed by atoms with Crippen LogP contribution >= 0.6 is 11.6 Å². The molecule has 3 aliphatic rings. The van der Waals surface area contributed by atoms with Gasteiger partial charge in [-0.1, -0.05) is 49.4 Å². The maximum atomic E-state index is 15.7. The summed E-state index contributed by atoms with van der Waals surface area (Å²) in [6, 6.07) is 15.4. The van der Waals surface area contributed by atoms with Crippen LogP contribution in [0.25, 0.3) is 16.6 Å². The van der Waals surface area contributed by atoms with E-state index < -0.39 is 36.9 Å². The number of imide groups is 1. The number of piperidine rings is 2. The van der Waals surface area contributed by atoms with E-state index in [4.69, 9.17) is 16.3 Å². The highest BCUT2D eigenvalue weighted by Crippen LogP contribution is 2.45. The second-order valence-electron chi connectivity index (χ2n) is 15.8. The van der Waals surface area contributed by atoms with Gasteiger partial charge in [0.1, 0.15) is 24.2 Å². The summed E-state index contributed by atoms with van der Waals surface area (Å²) in [5.74, 6) is -2.76. The largest absolute Gasteiger partial charge is 0.371 e. The molecule has 1 aromatic heterocycles. The average molecular weight is 733 g/mol. The first-order valence-electron chi connectivity index (χ1n) is 17.7. The number of carbonyl (C=O) groups is 2. The fraction of sp³-hybridized carbons (Fsp3) is 0.436. The Hall–Kier alpha value is -3.93. The molecule has 51 heavy (non-hydrogen) atoms. The summed E-state index contributed by atoms with van der Waals surface area (Å²) in [6.45, 7) is 12.2. The Morgan fingerprint density at radius 1 is 0.980 bits per heavy atom. The summed E-state index contributed by atoms with van der Waals surface area (Å²) < 4.78 is 39.1. The third-order valence-corrected chi connectivity index (χ3v) is 12.9. The first kappa shape index (κ1) is 35.5. The number of rotatable bonds is 8. The third-order valence-electron chi connectivity index (χ3n) is 10.8. The molecule has 0 spiro atoms. The smallest absolute Gasteiger partial charge is 0.282 e. The van der Waals surface area contributed by atoms with E-state index in [1.54, 1.807) is 6.07 Å². The molecule has 4 heterocycles. The molecule has 3 aliphatic heterocycles. The van der Waals surface area contributed by atoms with E-state index in [1.807, 2.05) is 17.0 Å². The first-order chi connectivity index (χ1) is 24.2. The van der Waals surface area contributed by atoms with Gasteiger partial charge in [-0.3, -0.25) is 23.9 Å². The number of carbonyl (C=O) groups excluding carboxylic acids is 2. The molecule has 12 heteroatoms. The second kappa shape index (κ2) is 13.2. The van der Waals surface area contributed by atoms with Crippen molar-refractivity contribution in [1.82, 2.24) is 14.5 Å². The number of halogens is 3. The average Bonchev–Trinajstić information content (AvgIpc) is 3.30. The molecule has 8 nitrogen and oxygen atoms in total. The van der Waals surface area contributed by atoms with Gasteiger partial charge in [-0.25, -0.2) is 8.78 Å². The standard InChI is InChI=1S/C39H43ClF2N4O4Si/c1-39(2)27-11-9-24(19-32(27)46-31-8-6-7-28(40)35(31)36(48)43-38(39)46)23-13-15-44(16-14-23)25-20-29(41)34(30(42)21-25)26-10-12-33(47)45(37(26)49)22-50-17-18-51(3,4)5/h6-9,11,19-21,23,26H,10,12-18,22H2,1-5H3. The van der Waals surface area contributed by atoms with Crippen LogP contribution in [0.4, 0.5) is 14.5 Å². The summed E-state index contributed by atoms with van der Waals surface area (Å²) in [7, 11) is -1.36. The minimum absolute atomic E-state index is 0.0202. The monoisotopic (exact) mass is 732 g/mol. The van der Waals surface area contributed by atoms with E-state index in [9.17, 15) is 14.4 Å². The molecule has 0 radical (unpaired) electrons. The molecule has 0 saturated carbocycles. The lowest BCUT2D eigenvalue weighted by Crippen LogP contribution is -2.45. The number of ether oxygens (including phenoxy) is 1. The Kier molecular flexibility index (Phi) is 9.21. The predicted molar refractivity (Wildman–Crippen MR) is 198 cm³/mol. The molecule has 0 bridgehead atoms. The number of benzene rings is 3. The maximum absolute atomic E-state index is 15.7. The lowest BCUT2D eigenvalue weighted by atomic mass is 9.83. The number of hydrogen-bond acceptors (Lipinski definition) is 6. The van der Waals surface area contributed by atoms with Gasteiger partial charge in [-0.05, 0) is 86.5 Å². The van der Waals surface area contributed by atoms with Crippen LogP contribution in [0, 0.1) is 11.6 Å². The van der Waals surface area contributed by atoms with Crippen LogP contribution in [-0.4, -0.2) is 60.8 Å². The van der Waals surface area contributed by atoms with Crippen LogP contribution in [0.5, 0.6) is 0 Å². The molecular weight excluding hydrogens is 690 g/mol. The lowest BCUT2D eigenvalue weighted by Gasteiger charge is -2.35. The molecule has 1 atom stereocenters. The van der Waals surface area contributed by atoms with Gasteiger partial charge in [0.25, 0.3) is 5.56 Å². The van der Waals surface area contributed by atoms with Gasteiger partial charge in [0.15, 0.2) is 0 Å². The quantitative estimate of drug-likeness (QED) is 0.104. The number of amides is 2. The normalized spacial score (nSPS) is 19.2. The molecule has 268 valence electrons. The summed E-state index contributed by atoms with van der Waals surface area (Å²) in [5.41, 5.74) is 3.26. The Labute approximate surface area is 302 Å². The highest BCUT2D eigenvalue weighted by Gasteiger charge is 2.40. The molecule has 2 amide bonds. The van der Waals surface area contributed by atoms with Crippen molar-refractivity contribution in [2.24, 2.45) is 0 Å². The molecule has 0 N–H and O–H groups in total. The second-order valence-corrected chi connectivity index (χ2v) is 21.8. The van der Waals surface area contributed by atoms with Crippen molar-refractivity contribution in [3.05, 3.63) is 98.1 Å². The molecular formula is C39H43ClF2N4O4Si. The van der Waals surface area contributed by atoms with Crippen LogP contribution in [-0.2, 0) is 19.7 Å². The fourth-order valence-electron chi connectivity index (χ4n) is 7.86. The van der Waals surface area contributed by atoms with Crippen molar-refractivity contribution in [1.29, 1.82) is 0 Å². The summed E-state index contributed by atoms with van der Waals surface area (Å²) >= 11 is 6.46. The molecule has 1 unspecified atom stereocenters. The van der Waals surface area contributed by atoms with Crippen LogP contribution in [0.1, 0.15) is 73.9 Å². The van der Waals surface area contributed by atoms with E-state index in [2.05, 4.69) is 61.2 Å². The van der Waals surface area contributed by atoms with Gasteiger partial charge < -0.3 is 9.64 Å². The number of aromatic nitrogens is 2. The molecule has 0 aliphatic carbocycles. The van der Waals surface area contributed by atoms with Crippen molar-refractivity contribution < 1.29 is 23.1 Å². The van der Waals surface area contributed by atoms with Crippen molar-refractivity contribution in [2.75, 3.05) is 31.3 Å². The van der Waals surface area contributed by atoms with E-state index in [-0.39, 0.29) is 42.5 Å². The first-order valence-corrected chi connectivity index (χ1v) is 21.8. The molecule has 4 aromatic rings. The van der Waals surface area contributed by atoms with Crippen LogP contribution in [0.3, 0.4) is 0 Å². The minimum Gasteiger partial charge on any atom is -0.371 e. The van der Waals surface area contributed by atoms with Crippen molar-refractivity contribution in [3.63, 3.8) is 0 Å². The van der Waals surface area contributed by atoms with E-state index in [1.165, 1.54) is 12.1 Å². The number of hydrogen-bond donors (Lipinski definition) is 0.